The number of rotatable bonds is 7. The lowest BCUT2D eigenvalue weighted by Gasteiger charge is -2.32. The Bertz CT molecular complexity index is 1120. The molecule has 0 aliphatic carbocycles. The fourth-order valence-electron chi connectivity index (χ4n) is 3.36. The van der Waals surface area contributed by atoms with Crippen LogP contribution < -0.4 is 9.46 Å². The van der Waals surface area contributed by atoms with Crippen molar-refractivity contribution in [2.75, 3.05) is 19.7 Å². The SMILES string of the molecule is O=C(c1cc(OCC(F)(F)F)ccc1[N+](=O)[O-])N1CCC(NS(=O)(=O)c2ccccc2)CC1. The zero-order valence-electron chi connectivity index (χ0n) is 17.1. The summed E-state index contributed by atoms with van der Waals surface area (Å²) in [6.07, 6.45) is -4.09. The Morgan fingerprint density at radius 2 is 1.79 bits per heavy atom. The van der Waals surface area contributed by atoms with E-state index in [1.165, 1.54) is 17.0 Å². The first-order valence-corrected chi connectivity index (χ1v) is 11.3. The summed E-state index contributed by atoms with van der Waals surface area (Å²) in [6.45, 7) is -1.40. The Kier molecular flexibility index (Phi) is 7.22. The number of nitro groups is 1. The van der Waals surface area contributed by atoms with Crippen LogP contribution in [0.3, 0.4) is 0 Å². The van der Waals surface area contributed by atoms with Crippen LogP contribution in [-0.4, -0.2) is 56.1 Å². The maximum atomic E-state index is 12.9. The summed E-state index contributed by atoms with van der Waals surface area (Å²) in [6, 6.07) is 10.1. The van der Waals surface area contributed by atoms with Gasteiger partial charge in [-0.05, 0) is 37.1 Å². The van der Waals surface area contributed by atoms with E-state index in [0.717, 1.165) is 18.2 Å². The smallest absolute Gasteiger partial charge is 0.422 e. The first kappa shape index (κ1) is 24.5. The Morgan fingerprint density at radius 1 is 1.15 bits per heavy atom. The monoisotopic (exact) mass is 487 g/mol. The van der Waals surface area contributed by atoms with Gasteiger partial charge < -0.3 is 9.64 Å². The number of nitrogens with one attached hydrogen (secondary N) is 1. The second kappa shape index (κ2) is 9.75. The Balaban J connectivity index is 1.69. The van der Waals surface area contributed by atoms with Gasteiger partial charge in [-0.3, -0.25) is 14.9 Å². The summed E-state index contributed by atoms with van der Waals surface area (Å²) in [7, 11) is -3.74. The number of hydrogen-bond donors (Lipinski definition) is 1. The molecule has 2 aromatic rings. The van der Waals surface area contributed by atoms with E-state index in [-0.39, 0.29) is 36.6 Å². The van der Waals surface area contributed by atoms with Crippen molar-refractivity contribution in [1.29, 1.82) is 0 Å². The number of nitro benzene ring substituents is 1. The first-order valence-electron chi connectivity index (χ1n) is 9.81. The minimum absolute atomic E-state index is 0.103. The lowest BCUT2D eigenvalue weighted by atomic mass is 10.0. The number of nitrogens with zero attached hydrogens (tertiary/aromatic N) is 2. The van der Waals surface area contributed by atoms with Gasteiger partial charge >= 0.3 is 6.18 Å². The fraction of sp³-hybridized carbons (Fsp3) is 0.350. The molecule has 1 fully saturated rings. The van der Waals surface area contributed by atoms with Crippen molar-refractivity contribution in [3.63, 3.8) is 0 Å². The summed E-state index contributed by atoms with van der Waals surface area (Å²) in [5.41, 5.74) is -0.964. The molecule has 0 unspecified atom stereocenters. The molecule has 178 valence electrons. The Labute approximate surface area is 187 Å². The average molecular weight is 487 g/mol. The number of sulfonamides is 1. The lowest BCUT2D eigenvalue weighted by Crippen LogP contribution is -2.46. The summed E-state index contributed by atoms with van der Waals surface area (Å²) in [5.74, 6) is -1.07. The molecule has 0 bridgehead atoms. The molecule has 3 rings (SSSR count). The lowest BCUT2D eigenvalue weighted by molar-refractivity contribution is -0.385. The maximum Gasteiger partial charge on any atom is 0.422 e. The minimum atomic E-state index is -4.61. The zero-order chi connectivity index (χ0) is 24.2. The van der Waals surface area contributed by atoms with Crippen molar-refractivity contribution >= 4 is 21.6 Å². The van der Waals surface area contributed by atoms with Crippen LogP contribution in [0.25, 0.3) is 0 Å². The largest absolute Gasteiger partial charge is 0.484 e. The molecular formula is C20H20F3N3O6S. The van der Waals surface area contributed by atoms with Gasteiger partial charge in [0.2, 0.25) is 10.0 Å². The van der Waals surface area contributed by atoms with Crippen LogP contribution in [0.4, 0.5) is 18.9 Å². The van der Waals surface area contributed by atoms with E-state index in [9.17, 15) is 36.5 Å². The van der Waals surface area contributed by atoms with E-state index < -0.39 is 50.9 Å². The second-order valence-electron chi connectivity index (χ2n) is 7.34. The van der Waals surface area contributed by atoms with Gasteiger partial charge in [0.05, 0.1) is 9.82 Å². The maximum absolute atomic E-state index is 12.9. The van der Waals surface area contributed by atoms with Crippen LogP contribution in [0.5, 0.6) is 5.75 Å². The van der Waals surface area contributed by atoms with Crippen LogP contribution in [-0.2, 0) is 10.0 Å². The van der Waals surface area contributed by atoms with E-state index in [4.69, 9.17) is 0 Å². The number of ether oxygens (including phenoxy) is 1. The number of halogens is 3. The van der Waals surface area contributed by atoms with E-state index in [1.54, 1.807) is 18.2 Å². The Hall–Kier alpha value is -3.19. The van der Waals surface area contributed by atoms with Gasteiger partial charge in [0.15, 0.2) is 6.61 Å². The number of hydrogen-bond acceptors (Lipinski definition) is 6. The molecule has 9 nitrogen and oxygen atoms in total. The molecule has 1 aliphatic heterocycles. The van der Waals surface area contributed by atoms with Crippen molar-refractivity contribution in [2.45, 2.75) is 30.0 Å². The van der Waals surface area contributed by atoms with Crippen LogP contribution in [0.1, 0.15) is 23.2 Å². The molecule has 1 saturated heterocycles. The highest BCUT2D eigenvalue weighted by molar-refractivity contribution is 7.89. The quantitative estimate of drug-likeness (QED) is 0.474. The van der Waals surface area contributed by atoms with E-state index in [1.807, 2.05) is 0 Å². The first-order chi connectivity index (χ1) is 15.5. The number of piperidine rings is 1. The van der Waals surface area contributed by atoms with Crippen molar-refractivity contribution in [2.24, 2.45) is 0 Å². The van der Waals surface area contributed by atoms with Gasteiger partial charge in [-0.1, -0.05) is 18.2 Å². The fourth-order valence-corrected chi connectivity index (χ4v) is 4.68. The summed E-state index contributed by atoms with van der Waals surface area (Å²) < 4.78 is 69.3. The molecule has 33 heavy (non-hydrogen) atoms. The molecule has 1 aliphatic rings. The molecule has 0 saturated carbocycles. The number of amides is 1. The van der Waals surface area contributed by atoms with Crippen LogP contribution in [0.15, 0.2) is 53.4 Å². The molecule has 1 amide bonds. The summed E-state index contributed by atoms with van der Waals surface area (Å²) >= 11 is 0. The van der Waals surface area contributed by atoms with Crippen LogP contribution in [0.2, 0.25) is 0 Å². The molecule has 2 aromatic carbocycles. The molecule has 1 heterocycles. The standard InChI is InChI=1S/C20H20F3N3O6S/c21-20(22,23)13-32-15-6-7-18(26(28)29)17(12-15)19(27)25-10-8-14(9-11-25)24-33(30,31)16-4-2-1-3-5-16/h1-7,12,14,24H,8-11,13H2. The van der Waals surface area contributed by atoms with Crippen molar-refractivity contribution in [3.05, 3.63) is 64.2 Å². The van der Waals surface area contributed by atoms with Gasteiger partial charge in [-0.25, -0.2) is 13.1 Å². The third kappa shape index (κ3) is 6.42. The third-order valence-electron chi connectivity index (χ3n) is 4.96. The number of carbonyl (C=O) groups is 1. The zero-order valence-corrected chi connectivity index (χ0v) is 17.9. The molecule has 1 N–H and O–H groups in total. The molecule has 0 atom stereocenters. The Morgan fingerprint density at radius 3 is 2.36 bits per heavy atom. The van der Waals surface area contributed by atoms with Gasteiger partial charge in [-0.15, -0.1) is 0 Å². The van der Waals surface area contributed by atoms with Gasteiger partial charge in [0.25, 0.3) is 11.6 Å². The molecule has 0 radical (unpaired) electrons. The van der Waals surface area contributed by atoms with Gasteiger partial charge in [0.1, 0.15) is 11.3 Å². The average Bonchev–Trinajstić information content (AvgIpc) is 2.77. The van der Waals surface area contributed by atoms with Crippen LogP contribution >= 0.6 is 0 Å². The van der Waals surface area contributed by atoms with Crippen molar-refractivity contribution < 1.29 is 36.0 Å². The van der Waals surface area contributed by atoms with Crippen molar-refractivity contribution in [3.8, 4) is 5.75 Å². The van der Waals surface area contributed by atoms with E-state index in [2.05, 4.69) is 9.46 Å². The number of likely N-dealkylation sites (tertiary alicyclic amines) is 1. The topological polar surface area (TPSA) is 119 Å². The molecular weight excluding hydrogens is 467 g/mol. The number of alkyl halides is 3. The third-order valence-corrected chi connectivity index (χ3v) is 6.49. The van der Waals surface area contributed by atoms with E-state index >= 15 is 0 Å². The summed E-state index contributed by atoms with van der Waals surface area (Å²) in [4.78, 5) is 24.8. The number of benzene rings is 2. The molecule has 0 spiro atoms. The second-order valence-corrected chi connectivity index (χ2v) is 9.05. The van der Waals surface area contributed by atoms with Crippen molar-refractivity contribution in [1.82, 2.24) is 9.62 Å². The normalized spacial score (nSPS) is 15.3. The highest BCUT2D eigenvalue weighted by Gasteiger charge is 2.32. The number of carbonyl (C=O) groups excluding carboxylic acids is 1. The van der Waals surface area contributed by atoms with Crippen LogP contribution in [0, 0.1) is 10.1 Å². The highest BCUT2D eigenvalue weighted by Crippen LogP contribution is 2.28. The molecule has 13 heteroatoms. The minimum Gasteiger partial charge on any atom is -0.484 e. The summed E-state index contributed by atoms with van der Waals surface area (Å²) in [5, 5.41) is 11.3. The molecule has 0 aromatic heterocycles. The van der Waals surface area contributed by atoms with E-state index in [0.29, 0.717) is 0 Å². The van der Waals surface area contributed by atoms with Gasteiger partial charge in [-0.2, -0.15) is 13.2 Å². The predicted octanol–water partition coefficient (Wildman–Crippen LogP) is 3.12. The highest BCUT2D eigenvalue weighted by atomic mass is 32.2. The predicted molar refractivity (Wildman–Crippen MR) is 110 cm³/mol. The van der Waals surface area contributed by atoms with Gasteiger partial charge in [0, 0.05) is 25.2 Å².